The highest BCUT2D eigenvalue weighted by atomic mass is 16.6. The number of allylic oxidation sites excluding steroid dienone is 1. The lowest BCUT2D eigenvalue weighted by atomic mass is 9.88. The summed E-state index contributed by atoms with van der Waals surface area (Å²) in [6.07, 6.45) is 5.33. The van der Waals surface area contributed by atoms with Gasteiger partial charge in [0.25, 0.3) is 0 Å². The van der Waals surface area contributed by atoms with E-state index in [4.69, 9.17) is 4.74 Å². The fraction of sp³-hybridized carbons (Fsp3) is 0.714. The number of carbonyl (C=O) groups excluding carboxylic acids is 2. The van der Waals surface area contributed by atoms with Crippen molar-refractivity contribution in [3.8, 4) is 0 Å². The molecule has 2 atom stereocenters. The molecule has 0 aliphatic carbocycles. The number of rotatable bonds is 7. The topological polar surface area (TPSA) is 46.6 Å². The van der Waals surface area contributed by atoms with Crippen molar-refractivity contribution >= 4 is 12.0 Å². The number of ether oxygens (including phenoxy) is 1. The molecular formula is C14H23NO3. The largest absolute Gasteiger partial charge is 0.447 e. The normalized spacial score (nSPS) is 18.3. The molecule has 0 aromatic rings. The Morgan fingerprint density at radius 2 is 2.28 bits per heavy atom. The molecule has 18 heavy (non-hydrogen) atoms. The highest BCUT2D eigenvalue weighted by Crippen LogP contribution is 2.24. The molecular weight excluding hydrogens is 230 g/mol. The van der Waals surface area contributed by atoms with E-state index < -0.39 is 6.09 Å². The monoisotopic (exact) mass is 253 g/mol. The highest BCUT2D eigenvalue weighted by molar-refractivity contribution is 5.94. The molecule has 102 valence electrons. The number of cyclic esters (lactones) is 1. The van der Waals surface area contributed by atoms with Crippen LogP contribution in [0.2, 0.25) is 0 Å². The summed E-state index contributed by atoms with van der Waals surface area (Å²) in [5.41, 5.74) is 0. The number of hydrogen-bond acceptors (Lipinski definition) is 3. The number of amides is 2. The van der Waals surface area contributed by atoms with Crippen molar-refractivity contribution in [2.24, 2.45) is 11.8 Å². The van der Waals surface area contributed by atoms with Gasteiger partial charge in [-0.3, -0.25) is 4.79 Å². The van der Waals surface area contributed by atoms with Crippen molar-refractivity contribution in [3.05, 3.63) is 12.7 Å². The van der Waals surface area contributed by atoms with Crippen LogP contribution in [0.15, 0.2) is 12.7 Å². The number of unbranched alkanes of at least 4 members (excludes halogenated alkanes) is 2. The molecule has 0 spiro atoms. The van der Waals surface area contributed by atoms with Crippen LogP contribution in [0.25, 0.3) is 0 Å². The second-order valence-corrected chi connectivity index (χ2v) is 4.80. The summed E-state index contributed by atoms with van der Waals surface area (Å²) >= 11 is 0. The first kappa shape index (κ1) is 14.7. The van der Waals surface area contributed by atoms with Gasteiger partial charge in [0.2, 0.25) is 5.91 Å². The molecule has 0 bridgehead atoms. The third-order valence-corrected chi connectivity index (χ3v) is 3.47. The van der Waals surface area contributed by atoms with Crippen molar-refractivity contribution < 1.29 is 14.3 Å². The van der Waals surface area contributed by atoms with Gasteiger partial charge in [-0.05, 0) is 12.3 Å². The molecule has 4 nitrogen and oxygen atoms in total. The Morgan fingerprint density at radius 3 is 2.78 bits per heavy atom. The zero-order chi connectivity index (χ0) is 13.5. The fourth-order valence-corrected chi connectivity index (χ4v) is 2.18. The summed E-state index contributed by atoms with van der Waals surface area (Å²) in [4.78, 5) is 25.0. The molecule has 1 aliphatic rings. The van der Waals surface area contributed by atoms with Gasteiger partial charge >= 0.3 is 6.09 Å². The summed E-state index contributed by atoms with van der Waals surface area (Å²) < 4.78 is 4.82. The van der Waals surface area contributed by atoms with E-state index in [1.165, 1.54) is 4.90 Å². The van der Waals surface area contributed by atoms with Crippen molar-refractivity contribution in [2.75, 3.05) is 13.2 Å². The molecule has 2 unspecified atom stereocenters. The lowest BCUT2D eigenvalue weighted by Crippen LogP contribution is -2.38. The molecule has 0 aromatic heterocycles. The van der Waals surface area contributed by atoms with Crippen LogP contribution < -0.4 is 0 Å². The molecule has 1 fully saturated rings. The molecule has 0 N–H and O–H groups in total. The first-order valence-corrected chi connectivity index (χ1v) is 6.72. The van der Waals surface area contributed by atoms with E-state index in [-0.39, 0.29) is 17.7 Å². The molecule has 0 aromatic carbocycles. The van der Waals surface area contributed by atoms with E-state index in [0.717, 1.165) is 25.7 Å². The number of nitrogens with zero attached hydrogens (tertiary/aromatic N) is 1. The van der Waals surface area contributed by atoms with Crippen LogP contribution in [0.4, 0.5) is 4.79 Å². The van der Waals surface area contributed by atoms with Gasteiger partial charge in [-0.15, -0.1) is 6.58 Å². The number of imide groups is 1. The van der Waals surface area contributed by atoms with Gasteiger partial charge in [0, 0.05) is 5.92 Å². The molecule has 1 rings (SSSR count). The Labute approximate surface area is 109 Å². The van der Waals surface area contributed by atoms with E-state index in [0.29, 0.717) is 13.2 Å². The van der Waals surface area contributed by atoms with E-state index >= 15 is 0 Å². The van der Waals surface area contributed by atoms with Crippen molar-refractivity contribution in [3.63, 3.8) is 0 Å². The third kappa shape index (κ3) is 3.59. The van der Waals surface area contributed by atoms with Gasteiger partial charge in [-0.1, -0.05) is 39.2 Å². The molecule has 2 amide bonds. The van der Waals surface area contributed by atoms with Crippen LogP contribution in [0.5, 0.6) is 0 Å². The number of hydrogen-bond donors (Lipinski definition) is 0. The van der Waals surface area contributed by atoms with Crippen LogP contribution in [-0.2, 0) is 9.53 Å². The van der Waals surface area contributed by atoms with Crippen LogP contribution in [-0.4, -0.2) is 30.1 Å². The Kier molecular flexibility index (Phi) is 5.89. The lowest BCUT2D eigenvalue weighted by Gasteiger charge is -2.23. The smallest absolute Gasteiger partial charge is 0.416 e. The lowest BCUT2D eigenvalue weighted by molar-refractivity contribution is -0.133. The predicted molar refractivity (Wildman–Crippen MR) is 70.1 cm³/mol. The standard InChI is InChI=1S/C14H23NO3/c1-4-6-7-8-12(11(3)5-2)13(16)15-9-10-18-14(15)17/h5,11-12H,2,4,6-10H2,1,3H3. The second-order valence-electron chi connectivity index (χ2n) is 4.80. The zero-order valence-corrected chi connectivity index (χ0v) is 11.4. The summed E-state index contributed by atoms with van der Waals surface area (Å²) in [6.45, 7) is 8.55. The van der Waals surface area contributed by atoms with E-state index in [1.807, 2.05) is 6.92 Å². The molecule has 1 heterocycles. The SMILES string of the molecule is C=CC(C)C(CCCCC)C(=O)N1CCOC1=O. The van der Waals surface area contributed by atoms with Crippen LogP contribution in [0, 0.1) is 11.8 Å². The predicted octanol–water partition coefficient (Wildman–Crippen LogP) is 2.98. The summed E-state index contributed by atoms with van der Waals surface area (Å²) in [5.74, 6) is -0.177. The van der Waals surface area contributed by atoms with Crippen molar-refractivity contribution in [1.82, 2.24) is 4.90 Å². The summed E-state index contributed by atoms with van der Waals surface area (Å²) in [5, 5.41) is 0. The third-order valence-electron chi connectivity index (χ3n) is 3.47. The van der Waals surface area contributed by atoms with Crippen molar-refractivity contribution in [1.29, 1.82) is 0 Å². The first-order chi connectivity index (χ1) is 8.61. The van der Waals surface area contributed by atoms with Crippen LogP contribution in [0.1, 0.15) is 39.5 Å². The fourth-order valence-electron chi connectivity index (χ4n) is 2.18. The van der Waals surface area contributed by atoms with Crippen LogP contribution >= 0.6 is 0 Å². The van der Waals surface area contributed by atoms with Gasteiger partial charge < -0.3 is 4.74 Å². The Hall–Kier alpha value is -1.32. The Balaban J connectivity index is 2.65. The minimum absolute atomic E-state index is 0.0859. The Morgan fingerprint density at radius 1 is 1.56 bits per heavy atom. The molecule has 4 heteroatoms. The van der Waals surface area contributed by atoms with Crippen molar-refractivity contribution in [2.45, 2.75) is 39.5 Å². The quantitative estimate of drug-likeness (QED) is 0.517. The maximum Gasteiger partial charge on any atom is 0.416 e. The Bertz CT molecular complexity index is 314. The van der Waals surface area contributed by atoms with E-state index in [9.17, 15) is 9.59 Å². The first-order valence-electron chi connectivity index (χ1n) is 6.72. The van der Waals surface area contributed by atoms with E-state index in [1.54, 1.807) is 6.08 Å². The van der Waals surface area contributed by atoms with Gasteiger partial charge in [0.1, 0.15) is 6.61 Å². The minimum atomic E-state index is -0.503. The maximum atomic E-state index is 12.3. The molecule has 1 saturated heterocycles. The molecule has 0 saturated carbocycles. The maximum absolute atomic E-state index is 12.3. The molecule has 1 aliphatic heterocycles. The van der Waals surface area contributed by atoms with Gasteiger partial charge in [0.15, 0.2) is 0 Å². The number of carbonyl (C=O) groups is 2. The second kappa shape index (κ2) is 7.19. The zero-order valence-electron chi connectivity index (χ0n) is 11.4. The highest BCUT2D eigenvalue weighted by Gasteiger charge is 2.34. The summed E-state index contributed by atoms with van der Waals surface area (Å²) in [7, 11) is 0. The molecule has 0 radical (unpaired) electrons. The van der Waals surface area contributed by atoms with Gasteiger partial charge in [-0.2, -0.15) is 0 Å². The van der Waals surface area contributed by atoms with Gasteiger partial charge in [-0.25, -0.2) is 9.69 Å². The average molecular weight is 253 g/mol. The summed E-state index contributed by atoms with van der Waals surface area (Å²) in [6, 6.07) is 0. The van der Waals surface area contributed by atoms with Crippen LogP contribution in [0.3, 0.4) is 0 Å². The van der Waals surface area contributed by atoms with Gasteiger partial charge in [0.05, 0.1) is 6.54 Å². The van der Waals surface area contributed by atoms with E-state index in [2.05, 4.69) is 13.5 Å². The average Bonchev–Trinajstić information content (AvgIpc) is 2.79. The minimum Gasteiger partial charge on any atom is -0.447 e.